The van der Waals surface area contributed by atoms with Gasteiger partial charge in [-0.3, -0.25) is 0 Å². The molecule has 1 N–H and O–H groups in total. The number of halogens is 1. The molecule has 0 saturated carbocycles. The Balaban J connectivity index is 3.10. The average molecular weight is 254 g/mol. The molecule has 0 aliphatic rings. The normalized spacial score (nSPS) is 12.6. The van der Waals surface area contributed by atoms with E-state index in [0.29, 0.717) is 0 Å². The molecule has 0 aliphatic carbocycles. The third-order valence-electron chi connectivity index (χ3n) is 2.32. The number of nitrogens with one attached hydrogen (secondary N) is 1. The van der Waals surface area contributed by atoms with Crippen LogP contribution in [0.1, 0.15) is 24.1 Å². The second-order valence-electron chi connectivity index (χ2n) is 3.57. The Kier molecular flexibility index (Phi) is 3.90. The number of hydrogen-bond donors (Lipinski definition) is 1. The van der Waals surface area contributed by atoms with Gasteiger partial charge in [-0.2, -0.15) is 0 Å². The minimum Gasteiger partial charge on any atom is -0.310 e. The minimum absolute atomic E-state index is 0.253. The largest absolute Gasteiger partial charge is 0.310 e. The maximum Gasteiger partial charge on any atom is 0.0530 e. The average Bonchev–Trinajstić information content (AvgIpc) is 2.09. The van der Waals surface area contributed by atoms with Crippen molar-refractivity contribution in [1.82, 2.24) is 5.32 Å². The van der Waals surface area contributed by atoms with Crippen LogP contribution >= 0.6 is 15.9 Å². The van der Waals surface area contributed by atoms with Gasteiger partial charge >= 0.3 is 0 Å². The quantitative estimate of drug-likeness (QED) is 0.813. The fourth-order valence-electron chi connectivity index (χ4n) is 1.63. The van der Waals surface area contributed by atoms with E-state index in [9.17, 15) is 0 Å². The van der Waals surface area contributed by atoms with Crippen molar-refractivity contribution in [3.05, 3.63) is 46.0 Å². The predicted molar refractivity (Wildman–Crippen MR) is 65.5 cm³/mol. The van der Waals surface area contributed by atoms with E-state index in [-0.39, 0.29) is 6.04 Å². The molecule has 1 aromatic carbocycles. The summed E-state index contributed by atoms with van der Waals surface area (Å²) in [5, 5.41) is 3.26. The Hall–Kier alpha value is -0.600. The van der Waals surface area contributed by atoms with Crippen molar-refractivity contribution in [2.45, 2.75) is 19.9 Å². The Morgan fingerprint density at radius 1 is 1.50 bits per heavy atom. The van der Waals surface area contributed by atoms with Crippen molar-refractivity contribution >= 4 is 15.9 Å². The van der Waals surface area contributed by atoms with Gasteiger partial charge in [0.05, 0.1) is 6.04 Å². The van der Waals surface area contributed by atoms with Crippen molar-refractivity contribution in [3.8, 4) is 0 Å². The zero-order valence-corrected chi connectivity index (χ0v) is 10.5. The van der Waals surface area contributed by atoms with Gasteiger partial charge in [0.25, 0.3) is 0 Å². The maximum absolute atomic E-state index is 3.99. The van der Waals surface area contributed by atoms with Crippen LogP contribution in [-0.4, -0.2) is 7.05 Å². The van der Waals surface area contributed by atoms with Gasteiger partial charge in [-0.1, -0.05) is 34.1 Å². The highest BCUT2D eigenvalue weighted by Gasteiger charge is 2.11. The van der Waals surface area contributed by atoms with Crippen LogP contribution in [0.4, 0.5) is 0 Å². The highest BCUT2D eigenvalue weighted by molar-refractivity contribution is 9.10. The van der Waals surface area contributed by atoms with Crippen molar-refractivity contribution in [2.24, 2.45) is 0 Å². The fourth-order valence-corrected chi connectivity index (χ4v) is 2.11. The van der Waals surface area contributed by atoms with Crippen molar-refractivity contribution in [3.63, 3.8) is 0 Å². The molecule has 0 aromatic heterocycles. The van der Waals surface area contributed by atoms with Crippen LogP contribution in [0, 0.1) is 6.92 Å². The predicted octanol–water partition coefficient (Wildman–Crippen LogP) is 3.59. The van der Waals surface area contributed by atoms with Gasteiger partial charge in [-0.05, 0) is 44.2 Å². The number of benzene rings is 1. The van der Waals surface area contributed by atoms with E-state index in [1.54, 1.807) is 0 Å². The summed E-state index contributed by atoms with van der Waals surface area (Å²) in [5.74, 6) is 0. The van der Waals surface area contributed by atoms with Gasteiger partial charge in [0.15, 0.2) is 0 Å². The molecule has 0 aliphatic heterocycles. The van der Waals surface area contributed by atoms with Crippen molar-refractivity contribution in [1.29, 1.82) is 0 Å². The molecule has 2 heteroatoms. The third kappa shape index (κ3) is 2.46. The van der Waals surface area contributed by atoms with E-state index in [4.69, 9.17) is 0 Å². The number of hydrogen-bond acceptors (Lipinski definition) is 1. The summed E-state index contributed by atoms with van der Waals surface area (Å²) in [5.41, 5.74) is 3.71. The van der Waals surface area contributed by atoms with Gasteiger partial charge in [0.1, 0.15) is 0 Å². The first-order valence-electron chi connectivity index (χ1n) is 4.65. The van der Waals surface area contributed by atoms with Gasteiger partial charge in [-0.15, -0.1) is 0 Å². The van der Waals surface area contributed by atoms with Crippen LogP contribution in [0.2, 0.25) is 0 Å². The highest BCUT2D eigenvalue weighted by atomic mass is 79.9. The summed E-state index contributed by atoms with van der Waals surface area (Å²) >= 11 is 3.46. The van der Waals surface area contributed by atoms with Gasteiger partial charge in [0.2, 0.25) is 0 Å². The van der Waals surface area contributed by atoms with Crippen molar-refractivity contribution in [2.75, 3.05) is 7.05 Å². The van der Waals surface area contributed by atoms with E-state index < -0.39 is 0 Å². The summed E-state index contributed by atoms with van der Waals surface area (Å²) in [6.45, 7) is 8.15. The number of aryl methyl sites for hydroxylation is 1. The van der Waals surface area contributed by atoms with Crippen LogP contribution in [0.5, 0.6) is 0 Å². The second-order valence-corrected chi connectivity index (χ2v) is 4.48. The molecule has 1 atom stereocenters. The van der Waals surface area contributed by atoms with Crippen LogP contribution in [-0.2, 0) is 0 Å². The lowest BCUT2D eigenvalue weighted by Crippen LogP contribution is -2.17. The summed E-state index contributed by atoms with van der Waals surface area (Å²) in [6, 6.07) is 6.58. The molecule has 1 rings (SSSR count). The van der Waals surface area contributed by atoms with E-state index in [1.807, 2.05) is 14.0 Å². The van der Waals surface area contributed by atoms with Crippen LogP contribution < -0.4 is 5.32 Å². The molecule has 0 bridgehead atoms. The third-order valence-corrected chi connectivity index (χ3v) is 2.82. The topological polar surface area (TPSA) is 12.0 Å². The second kappa shape index (κ2) is 4.76. The molecule has 1 unspecified atom stereocenters. The molecular formula is C12H16BrN. The zero-order chi connectivity index (χ0) is 10.7. The Labute approximate surface area is 94.3 Å². The first-order valence-corrected chi connectivity index (χ1v) is 5.44. The number of likely N-dealkylation sites (N-methyl/N-ethyl adjacent to an activating group) is 1. The smallest absolute Gasteiger partial charge is 0.0530 e. The molecule has 0 heterocycles. The molecule has 0 spiro atoms. The summed E-state index contributed by atoms with van der Waals surface area (Å²) in [7, 11) is 1.96. The first-order chi connectivity index (χ1) is 6.56. The minimum atomic E-state index is 0.253. The lowest BCUT2D eigenvalue weighted by molar-refractivity contribution is 0.675. The van der Waals surface area contributed by atoms with Gasteiger partial charge in [0, 0.05) is 4.47 Å². The van der Waals surface area contributed by atoms with Crippen LogP contribution in [0.3, 0.4) is 0 Å². The van der Waals surface area contributed by atoms with E-state index in [2.05, 4.69) is 52.9 Å². The lowest BCUT2D eigenvalue weighted by atomic mass is 9.97. The first kappa shape index (κ1) is 11.5. The van der Waals surface area contributed by atoms with E-state index >= 15 is 0 Å². The Morgan fingerprint density at radius 3 is 2.57 bits per heavy atom. The van der Waals surface area contributed by atoms with Gasteiger partial charge in [-0.25, -0.2) is 0 Å². The fraction of sp³-hybridized carbons (Fsp3) is 0.333. The monoisotopic (exact) mass is 253 g/mol. The van der Waals surface area contributed by atoms with Gasteiger partial charge < -0.3 is 5.32 Å². The SMILES string of the molecule is C=C(C)C(NC)c1ccc(Br)cc1C. The zero-order valence-electron chi connectivity index (χ0n) is 8.89. The Morgan fingerprint density at radius 2 is 2.14 bits per heavy atom. The van der Waals surface area contributed by atoms with Crippen LogP contribution in [0.15, 0.2) is 34.8 Å². The molecule has 1 nitrogen and oxygen atoms in total. The standard InChI is InChI=1S/C12H16BrN/c1-8(2)12(14-4)11-6-5-10(13)7-9(11)3/h5-7,12,14H,1H2,2-4H3. The highest BCUT2D eigenvalue weighted by Crippen LogP contribution is 2.25. The van der Waals surface area contributed by atoms with E-state index in [1.165, 1.54) is 11.1 Å². The van der Waals surface area contributed by atoms with Crippen LogP contribution in [0.25, 0.3) is 0 Å². The molecule has 1 aromatic rings. The number of rotatable bonds is 3. The maximum atomic E-state index is 3.99. The molecule has 0 saturated heterocycles. The summed E-state index contributed by atoms with van der Waals surface area (Å²) < 4.78 is 1.12. The molecule has 0 amide bonds. The summed E-state index contributed by atoms with van der Waals surface area (Å²) in [4.78, 5) is 0. The van der Waals surface area contributed by atoms with Crippen molar-refractivity contribution < 1.29 is 0 Å². The molecule has 0 radical (unpaired) electrons. The Bertz CT molecular complexity index is 344. The molecular weight excluding hydrogens is 238 g/mol. The molecule has 0 fully saturated rings. The lowest BCUT2D eigenvalue weighted by Gasteiger charge is -2.19. The van der Waals surface area contributed by atoms with E-state index in [0.717, 1.165) is 10.0 Å². The molecule has 76 valence electrons. The summed E-state index contributed by atoms with van der Waals surface area (Å²) in [6.07, 6.45) is 0. The molecule has 14 heavy (non-hydrogen) atoms.